The standard InChI is InChI=1S/C69H112O34/c1-25-37(75)42(80)47(85)59(93-25)101-53-44(82)41(79)32(20-70)95-61(53)99-52-34(97-56-45(83)39(77)30(73)22-90-56)24-92-58(50(52)88)100-54-49(87)51(98-57-46(84)40(78)31(74)23-91-57)33(21-71)96-62(54)102-55-29(72)19-66(7)35(65(55,5)6)12-13-68(9)36(66)11-10-27-28-18-64(3,4)14-16-69(28,17-15-67(27,68)8)63(89)103-60-48(86)43(81)38(76)26(2)94-60/h10,25-26,28-62,70-88H,11-24H2,1-9H3/t25-,26-,28-,29+,30-,31+,32+,33+,34-,35-,36+,37-,38-,39+,40-,41+,42+,43+,44-,45+,46+,47+,48+,49-,50+,51+,52-,53+,54+,55-,56-,57-,58-,59-,60-,61-,62-,66-,67+,68+,69-/m0/s1. The molecule has 0 radical (unpaired) electrons. The van der Waals surface area contributed by atoms with E-state index in [1.807, 2.05) is 13.8 Å². The van der Waals surface area contributed by atoms with Gasteiger partial charge in [-0.15, -0.1) is 0 Å². The molecule has 7 aliphatic heterocycles. The molecule has 0 amide bonds. The van der Waals surface area contributed by atoms with Crippen LogP contribution in [0.25, 0.3) is 0 Å². The first-order valence-electron chi connectivity index (χ1n) is 36.4. The third-order valence-electron chi connectivity index (χ3n) is 26.5. The van der Waals surface area contributed by atoms with Gasteiger partial charge in [-0.25, -0.2) is 0 Å². The molecule has 7 heterocycles. The fourth-order valence-corrected chi connectivity index (χ4v) is 20.1. The number of aliphatic hydroxyl groups excluding tert-OH is 19. The molecule has 5 aliphatic carbocycles. The Kier molecular flexibility index (Phi) is 23.6. The van der Waals surface area contributed by atoms with Crippen molar-refractivity contribution in [2.75, 3.05) is 33.0 Å². The molecule has 12 aliphatic rings. The minimum atomic E-state index is -2.23. The van der Waals surface area contributed by atoms with Gasteiger partial charge >= 0.3 is 5.97 Å². The van der Waals surface area contributed by atoms with E-state index in [9.17, 15) is 102 Å². The quantitative estimate of drug-likeness (QED) is 0.0389. The maximum absolute atomic E-state index is 15.0. The van der Waals surface area contributed by atoms with Gasteiger partial charge in [-0.05, 0) is 116 Å². The summed E-state index contributed by atoms with van der Waals surface area (Å²) in [5, 5.41) is 212. The van der Waals surface area contributed by atoms with Crippen LogP contribution in [-0.2, 0) is 71.1 Å². The van der Waals surface area contributed by atoms with E-state index in [0.29, 0.717) is 44.9 Å². The molecule has 19 N–H and O–H groups in total. The first kappa shape index (κ1) is 80.4. The second-order valence-electron chi connectivity index (χ2n) is 33.5. The van der Waals surface area contributed by atoms with Crippen LogP contribution in [0.3, 0.4) is 0 Å². The van der Waals surface area contributed by atoms with E-state index in [-0.39, 0.29) is 29.6 Å². The smallest absolute Gasteiger partial charge is 0.315 e. The molecule has 41 atom stereocenters. The second-order valence-corrected chi connectivity index (χ2v) is 33.5. The third kappa shape index (κ3) is 14.1. The predicted octanol–water partition coefficient (Wildman–Crippen LogP) is -5.62. The van der Waals surface area contributed by atoms with Crippen LogP contribution in [0.4, 0.5) is 0 Å². The average molecular weight is 1490 g/mol. The molecule has 592 valence electrons. The first-order chi connectivity index (χ1) is 48.3. The lowest BCUT2D eigenvalue weighted by Gasteiger charge is -2.71. The summed E-state index contributed by atoms with van der Waals surface area (Å²) in [5.41, 5.74) is -2.48. The van der Waals surface area contributed by atoms with Crippen molar-refractivity contribution in [2.45, 2.75) is 329 Å². The maximum Gasteiger partial charge on any atom is 0.315 e. The Morgan fingerprint density at radius 2 is 0.951 bits per heavy atom. The van der Waals surface area contributed by atoms with Crippen molar-refractivity contribution in [2.24, 2.45) is 50.2 Å². The van der Waals surface area contributed by atoms with Crippen molar-refractivity contribution in [1.29, 1.82) is 0 Å². The first-order valence-corrected chi connectivity index (χ1v) is 36.4. The zero-order valence-electron chi connectivity index (χ0n) is 59.5. The van der Waals surface area contributed by atoms with Crippen molar-refractivity contribution in [3.8, 4) is 0 Å². The zero-order chi connectivity index (χ0) is 75.0. The molecular formula is C69H112O34. The zero-order valence-corrected chi connectivity index (χ0v) is 59.5. The number of allylic oxidation sites excluding steroid dienone is 2. The number of rotatable bonds is 16. The highest BCUT2D eigenvalue weighted by atomic mass is 16.8. The van der Waals surface area contributed by atoms with Crippen LogP contribution in [-0.4, -0.2) is 345 Å². The van der Waals surface area contributed by atoms with Crippen LogP contribution in [0.15, 0.2) is 11.6 Å². The van der Waals surface area contributed by atoms with Crippen LogP contribution in [0, 0.1) is 50.2 Å². The highest BCUT2D eigenvalue weighted by Gasteiger charge is 2.72. The number of carbonyl (C=O) groups is 1. The molecule has 11 fully saturated rings. The topological polar surface area (TPSA) is 531 Å². The number of ether oxygens (including phenoxy) is 14. The van der Waals surface area contributed by atoms with Gasteiger partial charge in [0.2, 0.25) is 6.29 Å². The highest BCUT2D eigenvalue weighted by molar-refractivity contribution is 5.79. The van der Waals surface area contributed by atoms with E-state index in [1.54, 1.807) is 0 Å². The van der Waals surface area contributed by atoms with Crippen molar-refractivity contribution < 1.29 is 168 Å². The van der Waals surface area contributed by atoms with E-state index < -0.39 is 275 Å². The van der Waals surface area contributed by atoms with Crippen LogP contribution >= 0.6 is 0 Å². The average Bonchev–Trinajstić information content (AvgIpc) is 0.673. The maximum atomic E-state index is 15.0. The van der Waals surface area contributed by atoms with E-state index >= 15 is 0 Å². The Labute approximate surface area is 596 Å². The molecular weight excluding hydrogens is 1370 g/mol. The fraction of sp³-hybridized carbons (Fsp3) is 0.957. The lowest BCUT2D eigenvalue weighted by atomic mass is 9.33. The molecule has 34 nitrogen and oxygen atoms in total. The van der Waals surface area contributed by atoms with Gasteiger partial charge in [-0.3, -0.25) is 4.79 Å². The number of hydrogen-bond acceptors (Lipinski definition) is 34. The molecule has 0 aromatic carbocycles. The monoisotopic (exact) mass is 1480 g/mol. The molecule has 103 heavy (non-hydrogen) atoms. The molecule has 7 saturated heterocycles. The summed E-state index contributed by atoms with van der Waals surface area (Å²) in [6.45, 7) is 14.3. The Morgan fingerprint density at radius 3 is 1.57 bits per heavy atom. The third-order valence-corrected chi connectivity index (χ3v) is 26.5. The van der Waals surface area contributed by atoms with E-state index in [4.69, 9.17) is 66.3 Å². The van der Waals surface area contributed by atoms with Crippen molar-refractivity contribution in [3.63, 3.8) is 0 Å². The summed E-state index contributed by atoms with van der Waals surface area (Å²) in [4.78, 5) is 15.0. The van der Waals surface area contributed by atoms with Crippen LogP contribution < -0.4 is 0 Å². The van der Waals surface area contributed by atoms with Gasteiger partial charge in [-0.2, -0.15) is 0 Å². The fourth-order valence-electron chi connectivity index (χ4n) is 20.1. The predicted molar refractivity (Wildman–Crippen MR) is 341 cm³/mol. The number of aliphatic hydroxyl groups is 19. The highest BCUT2D eigenvalue weighted by Crippen LogP contribution is 2.76. The molecule has 0 unspecified atom stereocenters. The van der Waals surface area contributed by atoms with E-state index in [2.05, 4.69) is 40.7 Å². The van der Waals surface area contributed by atoms with Gasteiger partial charge in [0.05, 0.1) is 62.9 Å². The molecule has 0 aromatic rings. The molecule has 4 saturated carbocycles. The largest absolute Gasteiger partial charge is 0.432 e. The minimum absolute atomic E-state index is 0.0601. The summed E-state index contributed by atoms with van der Waals surface area (Å²) in [6, 6.07) is 0. The summed E-state index contributed by atoms with van der Waals surface area (Å²) in [5.74, 6) is -1.05. The van der Waals surface area contributed by atoms with Crippen LogP contribution in [0.2, 0.25) is 0 Å². The van der Waals surface area contributed by atoms with Gasteiger partial charge in [0, 0.05) is 0 Å². The van der Waals surface area contributed by atoms with Crippen molar-refractivity contribution in [1.82, 2.24) is 0 Å². The Balaban J connectivity index is 0.842. The molecule has 0 bridgehead atoms. The Morgan fingerprint density at radius 1 is 0.447 bits per heavy atom. The molecule has 0 aromatic heterocycles. The van der Waals surface area contributed by atoms with E-state index in [0.717, 1.165) is 12.0 Å². The number of hydrogen-bond donors (Lipinski definition) is 19. The molecule has 12 rings (SSSR count). The van der Waals surface area contributed by atoms with Gasteiger partial charge < -0.3 is 163 Å². The number of fused-ring (bicyclic) bond motifs is 7. The number of esters is 1. The minimum Gasteiger partial charge on any atom is -0.432 e. The van der Waals surface area contributed by atoms with Gasteiger partial charge in [0.25, 0.3) is 0 Å². The normalized spacial score (nSPS) is 55.1. The van der Waals surface area contributed by atoms with Crippen LogP contribution in [0.5, 0.6) is 0 Å². The SMILES string of the molecule is C[C@@H]1O[C@@H](OC(=O)[C@]23CCC(C)(C)C[C@H]2C2=CC[C@@H]4[C@@]5(C)C[C@@H](O)[C@H](O[C@@H]6O[C@H](CO)[C@@H](O[C@@H]7OC[C@@H](O)[C@H](O)[C@H]7O)[C@H](O)[C@H]6O[C@@H]6OC[C@H](O[C@@H]7OC[C@H](O)[C@@H](O)[C@H]7O)[C@H](O[C@@H]7O[C@H](CO)[C@@H](O)[C@H](O)[C@H]7O[C@@H]7O[C@@H](C)[C@H](O)[C@@H](O)[C@H]7O)[C@H]6O)C(C)(C)[C@@H]5CC[C@@]4(C)[C@]2(C)CC3)[C@H](O)[C@H](O)[C@H]1O. The van der Waals surface area contributed by atoms with Gasteiger partial charge in [0.1, 0.15) is 140 Å². The van der Waals surface area contributed by atoms with Crippen LogP contribution in [0.1, 0.15) is 120 Å². The summed E-state index contributed by atoms with van der Waals surface area (Å²) in [7, 11) is 0. The molecule has 34 heteroatoms. The van der Waals surface area contributed by atoms with Crippen molar-refractivity contribution >= 4 is 5.97 Å². The summed E-state index contributed by atoms with van der Waals surface area (Å²) >= 11 is 0. The summed E-state index contributed by atoms with van der Waals surface area (Å²) < 4.78 is 85.6. The lowest BCUT2D eigenvalue weighted by Crippen LogP contribution is -2.69. The van der Waals surface area contributed by atoms with E-state index in [1.165, 1.54) is 13.8 Å². The van der Waals surface area contributed by atoms with Crippen molar-refractivity contribution in [3.05, 3.63) is 11.6 Å². The molecule has 0 spiro atoms. The van der Waals surface area contributed by atoms with Gasteiger partial charge in [-0.1, -0.05) is 60.1 Å². The summed E-state index contributed by atoms with van der Waals surface area (Å²) in [6.07, 6.45) is -51.8. The Hall–Kier alpha value is -2.07. The number of carbonyl (C=O) groups excluding carboxylic acids is 1. The second kappa shape index (κ2) is 30.2. The van der Waals surface area contributed by atoms with Gasteiger partial charge in [0.15, 0.2) is 37.7 Å². The Bertz CT molecular complexity index is 2930. The lowest BCUT2D eigenvalue weighted by molar-refractivity contribution is -0.407.